The van der Waals surface area contributed by atoms with Gasteiger partial charge in [0, 0.05) is 42.9 Å². The van der Waals surface area contributed by atoms with Crippen LogP contribution in [0.5, 0.6) is 11.5 Å². The second-order valence-electron chi connectivity index (χ2n) is 14.9. The van der Waals surface area contributed by atoms with Crippen molar-refractivity contribution in [1.29, 1.82) is 5.41 Å². The van der Waals surface area contributed by atoms with Gasteiger partial charge in [-0.2, -0.15) is 0 Å². The molecular formula is C43H56N5O8PS. The van der Waals surface area contributed by atoms with Gasteiger partial charge in [0.1, 0.15) is 29.4 Å². The van der Waals surface area contributed by atoms with Crippen molar-refractivity contribution in [3.63, 3.8) is 0 Å². The third-order valence-corrected chi connectivity index (χ3v) is 13.8. The van der Waals surface area contributed by atoms with E-state index in [-0.39, 0.29) is 30.5 Å². The Bertz CT molecular complexity index is 1990. The summed E-state index contributed by atoms with van der Waals surface area (Å²) < 4.78 is 42.3. The molecule has 0 bridgehead atoms. The lowest BCUT2D eigenvalue weighted by atomic mass is 9.80. The summed E-state index contributed by atoms with van der Waals surface area (Å²) in [7, 11) is 1.63. The fourth-order valence-corrected chi connectivity index (χ4v) is 10.5. The van der Waals surface area contributed by atoms with Crippen LogP contribution in [0.15, 0.2) is 94.6 Å². The van der Waals surface area contributed by atoms with E-state index in [2.05, 4.69) is 49.6 Å². The first kappa shape index (κ1) is 43.7. The maximum Gasteiger partial charge on any atom is 0.330 e. The topological polar surface area (TPSA) is 149 Å². The number of methoxy groups -OCH3 is 2. The molecule has 1 aromatic heterocycles. The molecule has 4 aromatic rings. The lowest BCUT2D eigenvalue weighted by Gasteiger charge is -2.39. The van der Waals surface area contributed by atoms with Crippen LogP contribution in [-0.4, -0.2) is 84.0 Å². The Kier molecular flexibility index (Phi) is 15.0. The molecule has 312 valence electrons. The number of thioether (sulfide) groups is 1. The number of hydrogen-bond acceptors (Lipinski definition) is 12. The SMILES string of the molecule is COc1ccc(C(OCC2OC(n3cc(C4NCC(C)S4)c(=O)[nH]c3=O)CC2OP(OCCC=N)N(C(C)C)C(C)C)(c2ccccc2)c2ccc(OC)cc2)cc1. The lowest BCUT2D eigenvalue weighted by Crippen LogP contribution is -2.39. The molecule has 0 radical (unpaired) electrons. The molecule has 6 atom stereocenters. The van der Waals surface area contributed by atoms with Crippen molar-refractivity contribution in [2.24, 2.45) is 0 Å². The van der Waals surface area contributed by atoms with Crippen molar-refractivity contribution in [2.45, 2.75) is 94.2 Å². The van der Waals surface area contributed by atoms with Crippen LogP contribution in [0.3, 0.4) is 0 Å². The van der Waals surface area contributed by atoms with Crippen LogP contribution in [0.2, 0.25) is 0 Å². The lowest BCUT2D eigenvalue weighted by molar-refractivity contribution is -0.0926. The number of aromatic amines is 1. The van der Waals surface area contributed by atoms with E-state index in [1.165, 1.54) is 10.8 Å². The molecule has 3 aromatic carbocycles. The Morgan fingerprint density at radius 1 is 0.948 bits per heavy atom. The van der Waals surface area contributed by atoms with E-state index in [0.717, 1.165) is 23.2 Å². The van der Waals surface area contributed by atoms with Crippen LogP contribution < -0.4 is 26.0 Å². The van der Waals surface area contributed by atoms with Gasteiger partial charge in [-0.05, 0) is 74.9 Å². The zero-order chi connectivity index (χ0) is 41.4. The molecule has 6 unspecified atom stereocenters. The number of ether oxygens (including phenoxy) is 4. The van der Waals surface area contributed by atoms with E-state index in [4.69, 9.17) is 33.4 Å². The summed E-state index contributed by atoms with van der Waals surface area (Å²) in [5, 5.41) is 11.1. The number of nitrogens with one attached hydrogen (secondary N) is 3. The van der Waals surface area contributed by atoms with Crippen LogP contribution in [0, 0.1) is 5.41 Å². The first-order valence-corrected chi connectivity index (χ1v) is 21.8. The molecule has 0 spiro atoms. The molecule has 2 aliphatic heterocycles. The predicted octanol–water partition coefficient (Wildman–Crippen LogP) is 7.36. The maximum atomic E-state index is 13.6. The van der Waals surface area contributed by atoms with Gasteiger partial charge in [-0.15, -0.1) is 11.8 Å². The summed E-state index contributed by atoms with van der Waals surface area (Å²) in [6.07, 6.45) is 1.59. The van der Waals surface area contributed by atoms with E-state index in [0.29, 0.717) is 35.3 Å². The Morgan fingerprint density at radius 2 is 1.55 bits per heavy atom. The number of hydrogen-bond donors (Lipinski definition) is 3. The van der Waals surface area contributed by atoms with Gasteiger partial charge >= 0.3 is 5.69 Å². The van der Waals surface area contributed by atoms with Crippen LogP contribution in [0.4, 0.5) is 0 Å². The van der Waals surface area contributed by atoms with Crippen molar-refractivity contribution < 1.29 is 28.0 Å². The first-order valence-electron chi connectivity index (χ1n) is 19.7. The van der Waals surface area contributed by atoms with Gasteiger partial charge in [0.15, 0.2) is 0 Å². The van der Waals surface area contributed by atoms with Gasteiger partial charge in [0.05, 0.1) is 44.5 Å². The molecule has 0 saturated carbocycles. The predicted molar refractivity (Wildman–Crippen MR) is 229 cm³/mol. The average Bonchev–Trinajstić information content (AvgIpc) is 3.84. The van der Waals surface area contributed by atoms with Gasteiger partial charge < -0.3 is 38.7 Å². The molecule has 3 heterocycles. The standard InChI is InChI=1S/C43H56N5O8PS/c1-28(2)48(29(3)4)57(54-23-11-22-44)56-37-24-39(47-26-36(40(49)46-42(47)50)41-45-25-30(5)58-41)55-38(37)27-53-43(31-12-9-8-10-13-31,32-14-18-34(51-6)19-15-32)33-16-20-35(52-7)21-17-33/h8-10,12-22,26,28-30,37-39,41,44-45H,11,23-25,27H2,1-7H3,(H,46,49,50). The minimum atomic E-state index is -1.65. The third-order valence-electron chi connectivity index (χ3n) is 10.3. The summed E-state index contributed by atoms with van der Waals surface area (Å²) in [5.41, 5.74) is 0.931. The third kappa shape index (κ3) is 9.77. The average molecular weight is 834 g/mol. The highest BCUT2D eigenvalue weighted by molar-refractivity contribution is 8.00. The fraction of sp³-hybridized carbons (Fsp3) is 0.465. The normalized spacial score (nSPS) is 21.5. The summed E-state index contributed by atoms with van der Waals surface area (Å²) in [6.45, 7) is 11.6. The Balaban J connectivity index is 1.44. The number of rotatable bonds is 19. The van der Waals surface area contributed by atoms with Crippen molar-refractivity contribution in [2.75, 3.05) is 34.0 Å². The Hall–Kier alpha value is -3.85. The van der Waals surface area contributed by atoms with E-state index < -0.39 is 43.8 Å². The van der Waals surface area contributed by atoms with E-state index in [1.807, 2.05) is 78.9 Å². The Labute approximate surface area is 346 Å². The number of H-pyrrole nitrogens is 1. The van der Waals surface area contributed by atoms with Gasteiger partial charge in [0.25, 0.3) is 14.1 Å². The van der Waals surface area contributed by atoms with Crippen LogP contribution >= 0.6 is 20.3 Å². The molecule has 6 rings (SSSR count). The quantitative estimate of drug-likeness (QED) is 0.0377. The molecule has 2 fully saturated rings. The zero-order valence-electron chi connectivity index (χ0n) is 34.3. The van der Waals surface area contributed by atoms with Crippen molar-refractivity contribution in [3.8, 4) is 11.5 Å². The highest BCUT2D eigenvalue weighted by Gasteiger charge is 2.45. The number of nitrogens with zero attached hydrogens (tertiary/aromatic N) is 2. The molecular weight excluding hydrogens is 778 g/mol. The molecule has 15 heteroatoms. The fourth-order valence-electron chi connectivity index (χ4n) is 7.53. The minimum Gasteiger partial charge on any atom is -0.497 e. The molecule has 13 nitrogen and oxygen atoms in total. The monoisotopic (exact) mass is 833 g/mol. The van der Waals surface area contributed by atoms with E-state index in [9.17, 15) is 9.59 Å². The second-order valence-corrected chi connectivity index (χ2v) is 17.9. The molecule has 2 aliphatic rings. The van der Waals surface area contributed by atoms with Crippen molar-refractivity contribution in [1.82, 2.24) is 19.5 Å². The van der Waals surface area contributed by atoms with Crippen molar-refractivity contribution in [3.05, 3.63) is 128 Å². The van der Waals surface area contributed by atoms with Crippen LogP contribution in [0.25, 0.3) is 0 Å². The summed E-state index contributed by atoms with van der Waals surface area (Å²) in [6, 6.07) is 25.8. The molecule has 3 N–H and O–H groups in total. The summed E-state index contributed by atoms with van der Waals surface area (Å²) in [5.74, 6) is 1.41. The maximum absolute atomic E-state index is 13.6. The largest absolute Gasteiger partial charge is 0.497 e. The smallest absolute Gasteiger partial charge is 0.330 e. The van der Waals surface area contributed by atoms with E-state index >= 15 is 0 Å². The molecule has 2 saturated heterocycles. The minimum absolute atomic E-state index is 0.0453. The second kappa shape index (κ2) is 19.9. The first-order chi connectivity index (χ1) is 28.0. The van der Waals surface area contributed by atoms with E-state index in [1.54, 1.807) is 32.2 Å². The summed E-state index contributed by atoms with van der Waals surface area (Å²) in [4.78, 5) is 29.3. The van der Waals surface area contributed by atoms with Gasteiger partial charge in [-0.1, -0.05) is 61.5 Å². The molecule has 0 aliphatic carbocycles. The highest BCUT2D eigenvalue weighted by Crippen LogP contribution is 2.51. The molecule has 58 heavy (non-hydrogen) atoms. The number of aromatic nitrogens is 2. The van der Waals surface area contributed by atoms with Crippen molar-refractivity contribution >= 4 is 26.5 Å². The van der Waals surface area contributed by atoms with Gasteiger partial charge in [-0.25, -0.2) is 9.46 Å². The zero-order valence-corrected chi connectivity index (χ0v) is 36.0. The highest BCUT2D eigenvalue weighted by atomic mass is 32.2. The molecule has 0 amide bonds. The van der Waals surface area contributed by atoms with Crippen LogP contribution in [0.1, 0.15) is 81.3 Å². The summed E-state index contributed by atoms with van der Waals surface area (Å²) >= 11 is 1.64. The number of benzene rings is 3. The van der Waals surface area contributed by atoms with Gasteiger partial charge in [0.2, 0.25) is 0 Å². The Morgan fingerprint density at radius 3 is 2.09 bits per heavy atom. The van der Waals surface area contributed by atoms with Gasteiger partial charge in [-0.3, -0.25) is 14.3 Å². The van der Waals surface area contributed by atoms with Crippen LogP contribution in [-0.2, 0) is 24.1 Å².